The second-order valence-corrected chi connectivity index (χ2v) is 14.5. The van der Waals surface area contributed by atoms with Gasteiger partial charge in [-0.25, -0.2) is 0 Å². The Kier molecular flexibility index (Phi) is 9.78. The number of allylic oxidation sites excluding steroid dienone is 4. The monoisotopic (exact) mass is 672 g/mol. The second kappa shape index (κ2) is 13.9. The molecule has 3 aromatic carbocycles. The first-order chi connectivity index (χ1) is 23.9. The molecule has 0 radical (unpaired) electrons. The van der Waals surface area contributed by atoms with Crippen LogP contribution in [0.3, 0.4) is 0 Å². The van der Waals surface area contributed by atoms with E-state index in [9.17, 15) is 24.9 Å². The van der Waals surface area contributed by atoms with E-state index in [0.29, 0.717) is 41.2 Å². The number of fused-ring (bicyclic) bond motifs is 3. The Morgan fingerprint density at radius 2 is 1.74 bits per heavy atom. The average molecular weight is 673 g/mol. The van der Waals surface area contributed by atoms with Gasteiger partial charge in [0.15, 0.2) is 11.4 Å². The molecule has 0 saturated carbocycles. The lowest BCUT2D eigenvalue weighted by molar-refractivity contribution is -0.138. The number of methoxy groups -OCH3 is 1. The first kappa shape index (κ1) is 35.2. The number of aliphatic hydroxyl groups is 2. The summed E-state index contributed by atoms with van der Waals surface area (Å²) in [6.07, 6.45) is 5.66. The molecule has 0 heterocycles. The number of Topliss-reactive ketones (excluding diaryl/α,β-unsaturated/α-hetero) is 2. The van der Waals surface area contributed by atoms with Gasteiger partial charge in [-0.15, -0.1) is 0 Å². The molecule has 3 aliphatic rings. The first-order valence-corrected chi connectivity index (χ1v) is 17.7. The zero-order chi connectivity index (χ0) is 35.9. The third-order valence-electron chi connectivity index (χ3n) is 11.3. The molecular weight excluding hydrogens is 624 g/mol. The number of phenols is 1. The van der Waals surface area contributed by atoms with Crippen LogP contribution in [0.5, 0.6) is 11.5 Å². The maximum absolute atomic E-state index is 14.4. The van der Waals surface area contributed by atoms with E-state index in [0.717, 1.165) is 54.4 Å². The highest BCUT2D eigenvalue weighted by Gasteiger charge is 2.56. The van der Waals surface area contributed by atoms with E-state index < -0.39 is 17.3 Å². The summed E-state index contributed by atoms with van der Waals surface area (Å²) in [7, 11) is 1.63. The Labute approximate surface area is 295 Å². The van der Waals surface area contributed by atoms with Gasteiger partial charge in [0.2, 0.25) is 5.78 Å². The van der Waals surface area contributed by atoms with Gasteiger partial charge in [-0.05, 0) is 116 Å². The number of carbonyl (C=O) groups is 2. The van der Waals surface area contributed by atoms with Crippen molar-refractivity contribution in [3.63, 3.8) is 0 Å². The molecule has 6 nitrogen and oxygen atoms in total. The number of ketones is 2. The number of rotatable bonds is 11. The number of phenolic OH excluding ortho intramolecular Hbond substituents is 1. The Bertz CT molecular complexity index is 1950. The summed E-state index contributed by atoms with van der Waals surface area (Å²) in [5.74, 6) is -1.09. The molecule has 0 bridgehead atoms. The van der Waals surface area contributed by atoms with Crippen molar-refractivity contribution in [2.75, 3.05) is 7.11 Å². The average Bonchev–Trinajstić information content (AvgIpc) is 3.08. The number of aliphatic hydroxyl groups excluding tert-OH is 1. The lowest BCUT2D eigenvalue weighted by Crippen LogP contribution is -2.55. The molecule has 0 fully saturated rings. The minimum atomic E-state index is -1.93. The number of ether oxygens (including phenoxy) is 1. The van der Waals surface area contributed by atoms with Crippen molar-refractivity contribution < 1.29 is 29.6 Å². The van der Waals surface area contributed by atoms with E-state index in [1.165, 1.54) is 11.1 Å². The molecular formula is C44H48O6. The van der Waals surface area contributed by atoms with Crippen LogP contribution in [0.4, 0.5) is 0 Å². The molecule has 260 valence electrons. The summed E-state index contributed by atoms with van der Waals surface area (Å²) in [6.45, 7) is 13.8. The molecule has 1 unspecified atom stereocenters. The fourth-order valence-corrected chi connectivity index (χ4v) is 8.75. The van der Waals surface area contributed by atoms with Crippen LogP contribution in [0.25, 0.3) is 11.1 Å². The number of hydrogen-bond donors (Lipinski definition) is 3. The second-order valence-electron chi connectivity index (χ2n) is 14.5. The molecule has 6 heteroatoms. The van der Waals surface area contributed by atoms with Gasteiger partial charge in [-0.3, -0.25) is 9.59 Å². The normalized spacial score (nSPS) is 22.1. The molecule has 0 saturated heterocycles. The van der Waals surface area contributed by atoms with E-state index in [1.54, 1.807) is 27.0 Å². The van der Waals surface area contributed by atoms with Crippen LogP contribution in [0, 0.1) is 17.8 Å². The summed E-state index contributed by atoms with van der Waals surface area (Å²) in [5, 5.41) is 34.0. The van der Waals surface area contributed by atoms with E-state index in [-0.39, 0.29) is 40.8 Å². The van der Waals surface area contributed by atoms with Gasteiger partial charge in [0.25, 0.3) is 0 Å². The molecule has 0 amide bonds. The van der Waals surface area contributed by atoms with Gasteiger partial charge in [-0.2, -0.15) is 0 Å². The summed E-state index contributed by atoms with van der Waals surface area (Å²) >= 11 is 0. The summed E-state index contributed by atoms with van der Waals surface area (Å²) in [5.41, 5.74) is 5.44. The van der Waals surface area contributed by atoms with Gasteiger partial charge in [-0.1, -0.05) is 74.5 Å². The van der Waals surface area contributed by atoms with Gasteiger partial charge in [0.05, 0.1) is 18.2 Å². The SMILES string of the molecule is C=C(C)C1=C(O)C[C@@H]2C[C@@H]3Cc4c(-c5cc(CCC(Cc6ccccc6)C(=C)CCC)ccc5OC)ccc(O)c4C(=O)C3=C(C)[C@]2(O)C1=O. The van der Waals surface area contributed by atoms with Crippen molar-refractivity contribution in [2.45, 2.75) is 77.7 Å². The Hall–Kier alpha value is -4.68. The van der Waals surface area contributed by atoms with Crippen LogP contribution in [0.1, 0.15) is 79.9 Å². The number of carbonyl (C=O) groups excluding carboxylic acids is 2. The molecule has 50 heavy (non-hydrogen) atoms. The number of aromatic hydroxyl groups is 1. The van der Waals surface area contributed by atoms with Gasteiger partial charge >= 0.3 is 0 Å². The van der Waals surface area contributed by atoms with Crippen LogP contribution < -0.4 is 4.74 Å². The van der Waals surface area contributed by atoms with Crippen LogP contribution in [-0.4, -0.2) is 39.6 Å². The van der Waals surface area contributed by atoms with Gasteiger partial charge in [0.1, 0.15) is 17.3 Å². The van der Waals surface area contributed by atoms with Gasteiger partial charge in [0, 0.05) is 23.5 Å². The van der Waals surface area contributed by atoms with Crippen LogP contribution >= 0.6 is 0 Å². The molecule has 0 spiro atoms. The van der Waals surface area contributed by atoms with Crippen molar-refractivity contribution in [3.8, 4) is 22.6 Å². The molecule has 3 N–H and O–H groups in total. The Balaban J connectivity index is 1.36. The lowest BCUT2D eigenvalue weighted by Gasteiger charge is -2.47. The lowest BCUT2D eigenvalue weighted by atomic mass is 9.57. The number of hydrogen-bond acceptors (Lipinski definition) is 6. The van der Waals surface area contributed by atoms with Crippen molar-refractivity contribution >= 4 is 11.6 Å². The summed E-state index contributed by atoms with van der Waals surface area (Å²) < 4.78 is 5.86. The third-order valence-corrected chi connectivity index (χ3v) is 11.3. The quantitative estimate of drug-likeness (QED) is 0.176. The topological polar surface area (TPSA) is 104 Å². The van der Waals surface area contributed by atoms with Crippen LogP contribution in [-0.2, 0) is 24.1 Å². The van der Waals surface area contributed by atoms with E-state index in [2.05, 4.69) is 56.5 Å². The maximum Gasteiger partial charge on any atom is 0.202 e. The minimum absolute atomic E-state index is 0.0315. The minimum Gasteiger partial charge on any atom is -0.512 e. The fraction of sp³-hybridized carbons (Fsp3) is 0.364. The molecule has 6 rings (SSSR count). The van der Waals surface area contributed by atoms with E-state index in [1.807, 2.05) is 18.2 Å². The maximum atomic E-state index is 14.4. The smallest absolute Gasteiger partial charge is 0.202 e. The molecule has 3 aliphatic carbocycles. The van der Waals surface area contributed by atoms with Crippen molar-refractivity contribution in [1.82, 2.24) is 0 Å². The van der Waals surface area contributed by atoms with E-state index >= 15 is 0 Å². The standard InChI is InChI=1S/C44H48O6/c1-7-11-26(4)30(20-28-12-9-8-10-13-28)16-14-29-15-19-38(50-6)34(21-29)33-17-18-36(45)41-35(33)23-31-22-32-24-37(46)39(25(2)3)43(48)44(32,49)27(5)40(31)42(41)47/h8-10,12-13,15,17-19,21,30-32,45-46,49H,2,4,7,11,14,16,20,22-24H2,1,3,5-6H3/t30?,31-,32+,44-/m1/s1. The zero-order valence-corrected chi connectivity index (χ0v) is 29.6. The first-order valence-electron chi connectivity index (χ1n) is 17.7. The molecule has 0 aliphatic heterocycles. The molecule has 4 atom stereocenters. The van der Waals surface area contributed by atoms with Crippen molar-refractivity contribution in [2.24, 2.45) is 17.8 Å². The van der Waals surface area contributed by atoms with Crippen LogP contribution in [0.15, 0.2) is 107 Å². The van der Waals surface area contributed by atoms with Crippen LogP contribution in [0.2, 0.25) is 0 Å². The molecule has 3 aromatic rings. The summed E-state index contributed by atoms with van der Waals surface area (Å²) in [4.78, 5) is 28.1. The zero-order valence-electron chi connectivity index (χ0n) is 29.6. The number of aryl methyl sites for hydroxylation is 1. The summed E-state index contributed by atoms with van der Waals surface area (Å²) in [6, 6.07) is 20.1. The Morgan fingerprint density at radius 3 is 2.42 bits per heavy atom. The highest BCUT2D eigenvalue weighted by molar-refractivity contribution is 6.17. The predicted molar refractivity (Wildman–Crippen MR) is 197 cm³/mol. The highest BCUT2D eigenvalue weighted by atomic mass is 16.5. The highest BCUT2D eigenvalue weighted by Crippen LogP contribution is 2.53. The van der Waals surface area contributed by atoms with Gasteiger partial charge < -0.3 is 20.1 Å². The van der Waals surface area contributed by atoms with Crippen molar-refractivity contribution in [1.29, 1.82) is 0 Å². The fourth-order valence-electron chi connectivity index (χ4n) is 8.75. The number of benzene rings is 3. The van der Waals surface area contributed by atoms with Crippen molar-refractivity contribution in [3.05, 3.63) is 130 Å². The third kappa shape index (κ3) is 6.04. The largest absolute Gasteiger partial charge is 0.512 e. The van der Waals surface area contributed by atoms with E-state index in [4.69, 9.17) is 4.74 Å². The molecule has 0 aromatic heterocycles. The predicted octanol–water partition coefficient (Wildman–Crippen LogP) is 9.00. The Morgan fingerprint density at radius 1 is 1.00 bits per heavy atom.